The van der Waals surface area contributed by atoms with Crippen LogP contribution in [0.15, 0.2) is 0 Å². The van der Waals surface area contributed by atoms with E-state index in [1.807, 2.05) is 0 Å². The second-order valence-corrected chi connectivity index (χ2v) is 8.72. The van der Waals surface area contributed by atoms with E-state index in [0.717, 1.165) is 19.4 Å². The molecular weight excluding hydrogens is 308 g/mol. The van der Waals surface area contributed by atoms with E-state index < -0.39 is 0 Å². The average molecular weight is 331 g/mol. The zero-order chi connectivity index (χ0) is 13.5. The van der Waals surface area contributed by atoms with E-state index in [1.54, 1.807) is 0 Å². The van der Waals surface area contributed by atoms with Gasteiger partial charge in [0.2, 0.25) is 0 Å². The van der Waals surface area contributed by atoms with Gasteiger partial charge in [0.05, 0.1) is 24.9 Å². The molecule has 19 heavy (non-hydrogen) atoms. The lowest BCUT2D eigenvalue weighted by Crippen LogP contribution is -2.54. The molecule has 1 spiro atoms. The van der Waals surface area contributed by atoms with E-state index in [1.165, 1.54) is 6.42 Å². The lowest BCUT2D eigenvalue weighted by molar-refractivity contribution is -0.171. The number of epoxide rings is 1. The van der Waals surface area contributed by atoms with Gasteiger partial charge >= 0.3 is 0 Å². The molecule has 3 aliphatic heterocycles. The van der Waals surface area contributed by atoms with Crippen LogP contribution in [-0.2, 0) is 14.2 Å². The fourth-order valence-electron chi connectivity index (χ4n) is 4.78. The molecule has 3 nitrogen and oxygen atoms in total. The van der Waals surface area contributed by atoms with Gasteiger partial charge in [-0.15, -0.1) is 0 Å². The molecule has 0 amide bonds. The van der Waals surface area contributed by atoms with E-state index >= 15 is 0 Å². The van der Waals surface area contributed by atoms with Gasteiger partial charge in [-0.1, -0.05) is 29.8 Å². The molecule has 0 aromatic rings. The first kappa shape index (κ1) is 13.1. The predicted octanol–water partition coefficient (Wildman–Crippen LogP) is 2.90. The van der Waals surface area contributed by atoms with E-state index in [0.29, 0.717) is 23.5 Å². The van der Waals surface area contributed by atoms with Crippen LogP contribution in [0.25, 0.3) is 0 Å². The number of hydrogen-bond donors (Lipinski definition) is 0. The molecule has 0 radical (unpaired) electrons. The zero-order valence-corrected chi connectivity index (χ0v) is 13.5. The third-order valence-corrected chi connectivity index (χ3v) is 7.83. The van der Waals surface area contributed by atoms with Gasteiger partial charge in [0, 0.05) is 4.83 Å². The quantitative estimate of drug-likeness (QED) is 0.505. The Hall–Kier alpha value is 0.360. The first-order chi connectivity index (χ1) is 8.88. The summed E-state index contributed by atoms with van der Waals surface area (Å²) in [4.78, 5) is 0.575. The highest BCUT2D eigenvalue weighted by Gasteiger charge is 2.71. The Morgan fingerprint density at radius 2 is 1.89 bits per heavy atom. The molecule has 1 aliphatic carbocycles. The highest BCUT2D eigenvalue weighted by molar-refractivity contribution is 9.09. The Kier molecular flexibility index (Phi) is 2.58. The third-order valence-electron chi connectivity index (χ3n) is 6.19. The van der Waals surface area contributed by atoms with Crippen molar-refractivity contribution in [2.24, 2.45) is 11.3 Å². The molecule has 6 atom stereocenters. The second-order valence-electron chi connectivity index (χ2n) is 7.61. The monoisotopic (exact) mass is 330 g/mol. The number of ether oxygens (including phenoxy) is 3. The molecule has 108 valence electrons. The molecule has 0 aromatic heterocycles. The van der Waals surface area contributed by atoms with Gasteiger partial charge in [0.15, 0.2) is 0 Å². The first-order valence-corrected chi connectivity index (χ1v) is 8.37. The Balaban J connectivity index is 1.71. The molecule has 4 heteroatoms. The lowest BCUT2D eigenvalue weighted by Gasteiger charge is -2.53. The minimum absolute atomic E-state index is 0.0179. The maximum Gasteiger partial charge on any atom is 0.146 e. The smallest absolute Gasteiger partial charge is 0.146 e. The maximum atomic E-state index is 6.58. The van der Waals surface area contributed by atoms with Crippen molar-refractivity contribution in [2.75, 3.05) is 13.2 Å². The minimum atomic E-state index is -0.0990. The van der Waals surface area contributed by atoms with Crippen LogP contribution in [0.1, 0.15) is 40.0 Å². The van der Waals surface area contributed by atoms with Crippen molar-refractivity contribution >= 4 is 15.9 Å². The van der Waals surface area contributed by atoms with Crippen LogP contribution in [0.4, 0.5) is 0 Å². The Morgan fingerprint density at radius 3 is 2.68 bits per heavy atom. The van der Waals surface area contributed by atoms with Gasteiger partial charge < -0.3 is 14.2 Å². The molecule has 2 unspecified atom stereocenters. The number of halogens is 1. The largest absolute Gasteiger partial charge is 0.375 e. The molecule has 4 rings (SSSR count). The van der Waals surface area contributed by atoms with E-state index in [9.17, 15) is 0 Å². The van der Waals surface area contributed by atoms with Crippen LogP contribution in [0.5, 0.6) is 0 Å². The van der Waals surface area contributed by atoms with Crippen LogP contribution in [-0.4, -0.2) is 41.5 Å². The highest BCUT2D eigenvalue weighted by Crippen LogP contribution is 2.60. The summed E-state index contributed by atoms with van der Waals surface area (Å²) in [5, 5.41) is 0. The van der Waals surface area contributed by atoms with Gasteiger partial charge in [0.25, 0.3) is 0 Å². The molecule has 0 aromatic carbocycles. The van der Waals surface area contributed by atoms with Crippen molar-refractivity contribution in [3.8, 4) is 0 Å². The normalized spacial score (nSPS) is 58.7. The highest BCUT2D eigenvalue weighted by atomic mass is 79.9. The van der Waals surface area contributed by atoms with Gasteiger partial charge in [0.1, 0.15) is 11.7 Å². The van der Waals surface area contributed by atoms with Crippen LogP contribution in [0.3, 0.4) is 0 Å². The van der Waals surface area contributed by atoms with Crippen molar-refractivity contribution < 1.29 is 14.2 Å². The summed E-state index contributed by atoms with van der Waals surface area (Å²) < 4.78 is 18.2. The molecule has 0 bridgehead atoms. The van der Waals surface area contributed by atoms with Gasteiger partial charge in [-0.2, -0.15) is 0 Å². The fraction of sp³-hybridized carbons (Fsp3) is 1.00. The zero-order valence-electron chi connectivity index (χ0n) is 11.9. The van der Waals surface area contributed by atoms with Crippen molar-refractivity contribution in [2.45, 2.75) is 68.3 Å². The van der Waals surface area contributed by atoms with Gasteiger partial charge in [-0.25, -0.2) is 0 Å². The molecule has 4 fully saturated rings. The van der Waals surface area contributed by atoms with Gasteiger partial charge in [-0.05, 0) is 37.5 Å². The standard InChI is InChI=1S/C15H23BrO3/c1-13(2)9-6-11-15(19-11)8-17-7-12(15)18-14(9,3)5-4-10(13)16/h9-12H,4-8H2,1-3H3/t9-,10-,11?,12-,14-,15?/m0/s1. The fourth-order valence-corrected chi connectivity index (χ4v) is 5.33. The van der Waals surface area contributed by atoms with Crippen LogP contribution in [0.2, 0.25) is 0 Å². The summed E-state index contributed by atoms with van der Waals surface area (Å²) in [6.07, 6.45) is 3.94. The number of rotatable bonds is 0. The van der Waals surface area contributed by atoms with Gasteiger partial charge in [-0.3, -0.25) is 0 Å². The molecule has 3 heterocycles. The predicted molar refractivity (Wildman–Crippen MR) is 75.5 cm³/mol. The summed E-state index contributed by atoms with van der Waals surface area (Å²) in [5.41, 5.74) is 0.133. The minimum Gasteiger partial charge on any atom is -0.375 e. The lowest BCUT2D eigenvalue weighted by atomic mass is 9.60. The molecule has 3 saturated heterocycles. The number of alkyl halides is 1. The van der Waals surface area contributed by atoms with E-state index in [-0.39, 0.29) is 22.7 Å². The molecule has 1 saturated carbocycles. The first-order valence-electron chi connectivity index (χ1n) is 7.46. The number of fused-ring (bicyclic) bond motifs is 1. The van der Waals surface area contributed by atoms with E-state index in [4.69, 9.17) is 14.2 Å². The van der Waals surface area contributed by atoms with Crippen LogP contribution < -0.4 is 0 Å². The topological polar surface area (TPSA) is 31.0 Å². The van der Waals surface area contributed by atoms with Crippen molar-refractivity contribution in [1.29, 1.82) is 0 Å². The Labute approximate surface area is 123 Å². The third kappa shape index (κ3) is 1.60. The van der Waals surface area contributed by atoms with Crippen molar-refractivity contribution in [3.05, 3.63) is 0 Å². The van der Waals surface area contributed by atoms with Crippen LogP contribution >= 0.6 is 15.9 Å². The molecule has 4 aliphatic rings. The van der Waals surface area contributed by atoms with Crippen LogP contribution in [0, 0.1) is 11.3 Å². The summed E-state index contributed by atoms with van der Waals surface area (Å²) >= 11 is 3.89. The summed E-state index contributed by atoms with van der Waals surface area (Å²) in [5.74, 6) is 0.549. The summed E-state index contributed by atoms with van der Waals surface area (Å²) in [6, 6.07) is 0. The van der Waals surface area contributed by atoms with Crippen molar-refractivity contribution in [3.63, 3.8) is 0 Å². The van der Waals surface area contributed by atoms with E-state index in [2.05, 4.69) is 36.7 Å². The molecule has 0 N–H and O–H groups in total. The maximum absolute atomic E-state index is 6.58. The number of hydrogen-bond acceptors (Lipinski definition) is 3. The second kappa shape index (κ2) is 3.76. The summed E-state index contributed by atoms with van der Waals surface area (Å²) in [7, 11) is 0. The Morgan fingerprint density at radius 1 is 1.11 bits per heavy atom. The average Bonchev–Trinajstić information content (AvgIpc) is 2.92. The summed E-state index contributed by atoms with van der Waals surface area (Å²) in [6.45, 7) is 8.50. The SMILES string of the molecule is CC1(C)[C@@H](Br)CC[C@]2(C)O[C@H]3COCC34OC4C[C@@H]12. The Bertz CT molecular complexity index is 412. The molecular formula is C15H23BrO3. The van der Waals surface area contributed by atoms with Crippen molar-refractivity contribution in [1.82, 2.24) is 0 Å².